The van der Waals surface area contributed by atoms with Gasteiger partial charge in [0.1, 0.15) is 5.75 Å². The van der Waals surface area contributed by atoms with Crippen molar-refractivity contribution in [2.75, 3.05) is 20.2 Å². The Morgan fingerprint density at radius 2 is 1.81 bits per heavy atom. The number of methoxy groups -OCH3 is 1. The third-order valence-corrected chi connectivity index (χ3v) is 7.49. The van der Waals surface area contributed by atoms with Crippen molar-refractivity contribution in [1.29, 1.82) is 0 Å². The monoisotopic (exact) mass is 389 g/mol. The molecule has 1 atom stereocenters. The molecule has 2 aromatic rings. The molecule has 1 aliphatic heterocycles. The third kappa shape index (κ3) is 3.70. The maximum atomic E-state index is 13.3. The zero-order chi connectivity index (χ0) is 19.5. The van der Waals surface area contributed by atoms with Crippen LogP contribution in [-0.4, -0.2) is 49.3 Å². The second-order valence-electron chi connectivity index (χ2n) is 6.78. The molecular formula is C20H23NO5S. The van der Waals surface area contributed by atoms with Gasteiger partial charge >= 0.3 is 5.97 Å². The SMILES string of the molecule is COc1ccc(S(=O)(=O)C2(C(=O)O)CCCN(Cc3ccccc3)C2)cc1. The molecule has 1 N–H and O–H groups in total. The Hall–Kier alpha value is -2.38. The Balaban J connectivity index is 1.93. The minimum Gasteiger partial charge on any atom is -0.497 e. The number of aliphatic carboxylic acids is 1. The van der Waals surface area contributed by atoms with Gasteiger partial charge in [-0.25, -0.2) is 8.42 Å². The highest BCUT2D eigenvalue weighted by atomic mass is 32.2. The molecule has 7 heteroatoms. The predicted octanol–water partition coefficient (Wildman–Crippen LogP) is 2.59. The van der Waals surface area contributed by atoms with Crippen LogP contribution in [0.25, 0.3) is 0 Å². The Labute approximate surface area is 159 Å². The molecule has 1 fully saturated rings. The fourth-order valence-electron chi connectivity index (χ4n) is 3.57. The molecule has 0 aliphatic carbocycles. The average Bonchev–Trinajstić information content (AvgIpc) is 2.68. The van der Waals surface area contributed by atoms with Gasteiger partial charge in [0.2, 0.25) is 0 Å². The van der Waals surface area contributed by atoms with Gasteiger partial charge in [0.15, 0.2) is 14.6 Å². The smallest absolute Gasteiger partial charge is 0.326 e. The van der Waals surface area contributed by atoms with E-state index in [1.807, 2.05) is 35.2 Å². The van der Waals surface area contributed by atoms with Crippen molar-refractivity contribution in [3.8, 4) is 5.75 Å². The highest BCUT2D eigenvalue weighted by Gasteiger charge is 2.53. The largest absolute Gasteiger partial charge is 0.497 e. The van der Waals surface area contributed by atoms with E-state index in [1.54, 1.807) is 0 Å². The molecule has 144 valence electrons. The summed E-state index contributed by atoms with van der Waals surface area (Å²) < 4.78 is 29.8. The lowest BCUT2D eigenvalue weighted by Gasteiger charge is -2.39. The minimum absolute atomic E-state index is 0.00672. The van der Waals surface area contributed by atoms with E-state index < -0.39 is 20.6 Å². The lowest BCUT2D eigenvalue weighted by atomic mass is 9.96. The summed E-state index contributed by atoms with van der Waals surface area (Å²) in [6.07, 6.45) is 0.608. The van der Waals surface area contributed by atoms with Gasteiger partial charge in [-0.3, -0.25) is 9.69 Å². The summed E-state index contributed by atoms with van der Waals surface area (Å²) in [7, 11) is -2.58. The molecule has 0 radical (unpaired) electrons. The number of carboxylic acid groups (broad SMARTS) is 1. The fraction of sp³-hybridized carbons (Fsp3) is 0.350. The van der Waals surface area contributed by atoms with Crippen LogP contribution in [-0.2, 0) is 21.2 Å². The van der Waals surface area contributed by atoms with Crippen molar-refractivity contribution in [1.82, 2.24) is 4.90 Å². The number of likely N-dealkylation sites (tertiary alicyclic amines) is 1. The number of ether oxygens (including phenoxy) is 1. The van der Waals surface area contributed by atoms with Crippen molar-refractivity contribution in [2.24, 2.45) is 0 Å². The van der Waals surface area contributed by atoms with Crippen LogP contribution in [0.3, 0.4) is 0 Å². The summed E-state index contributed by atoms with van der Waals surface area (Å²) in [6.45, 7) is 1.15. The molecule has 1 saturated heterocycles. The molecule has 0 aromatic heterocycles. The van der Waals surface area contributed by atoms with E-state index in [2.05, 4.69) is 0 Å². The van der Waals surface area contributed by atoms with Crippen LogP contribution < -0.4 is 4.74 Å². The second-order valence-corrected chi connectivity index (χ2v) is 9.04. The quantitative estimate of drug-likeness (QED) is 0.818. The first-order valence-electron chi connectivity index (χ1n) is 8.77. The minimum atomic E-state index is -4.07. The number of hydrogen-bond donors (Lipinski definition) is 1. The molecule has 1 aliphatic rings. The van der Waals surface area contributed by atoms with Crippen molar-refractivity contribution in [3.63, 3.8) is 0 Å². The Morgan fingerprint density at radius 1 is 1.15 bits per heavy atom. The van der Waals surface area contributed by atoms with E-state index in [0.717, 1.165) is 5.56 Å². The molecule has 1 unspecified atom stereocenters. The van der Waals surface area contributed by atoms with E-state index in [0.29, 0.717) is 25.3 Å². The van der Waals surface area contributed by atoms with E-state index in [-0.39, 0.29) is 17.9 Å². The number of sulfone groups is 1. The topological polar surface area (TPSA) is 83.9 Å². The maximum absolute atomic E-state index is 13.3. The Bertz CT molecular complexity index is 896. The Kier molecular flexibility index (Phi) is 5.53. The van der Waals surface area contributed by atoms with Gasteiger partial charge in [0.25, 0.3) is 0 Å². The van der Waals surface area contributed by atoms with Crippen LogP contribution in [0.15, 0.2) is 59.5 Å². The van der Waals surface area contributed by atoms with Crippen LogP contribution in [0.2, 0.25) is 0 Å². The summed E-state index contributed by atoms with van der Waals surface area (Å²) in [4.78, 5) is 14.1. The van der Waals surface area contributed by atoms with E-state index in [1.165, 1.54) is 31.4 Å². The molecule has 27 heavy (non-hydrogen) atoms. The van der Waals surface area contributed by atoms with Crippen molar-refractivity contribution < 1.29 is 23.1 Å². The first-order valence-corrected chi connectivity index (χ1v) is 10.3. The number of piperidine rings is 1. The van der Waals surface area contributed by atoms with Crippen LogP contribution in [0.5, 0.6) is 5.75 Å². The first-order chi connectivity index (χ1) is 12.9. The highest BCUT2D eigenvalue weighted by molar-refractivity contribution is 7.93. The molecule has 0 amide bonds. The van der Waals surface area contributed by atoms with Crippen LogP contribution >= 0.6 is 0 Å². The third-order valence-electron chi connectivity index (χ3n) is 5.06. The average molecular weight is 389 g/mol. The van der Waals surface area contributed by atoms with Gasteiger partial charge in [0, 0.05) is 13.1 Å². The molecule has 2 aromatic carbocycles. The van der Waals surface area contributed by atoms with Gasteiger partial charge < -0.3 is 9.84 Å². The molecule has 3 rings (SSSR count). The van der Waals surface area contributed by atoms with Gasteiger partial charge in [-0.1, -0.05) is 30.3 Å². The lowest BCUT2D eigenvalue weighted by molar-refractivity contribution is -0.141. The van der Waals surface area contributed by atoms with Crippen LogP contribution in [0, 0.1) is 0 Å². The summed E-state index contributed by atoms with van der Waals surface area (Å²) in [6, 6.07) is 15.5. The van der Waals surface area contributed by atoms with Gasteiger partial charge in [-0.2, -0.15) is 0 Å². The van der Waals surface area contributed by atoms with Crippen LogP contribution in [0.1, 0.15) is 18.4 Å². The van der Waals surface area contributed by atoms with E-state index in [9.17, 15) is 18.3 Å². The van der Waals surface area contributed by atoms with Crippen molar-refractivity contribution in [2.45, 2.75) is 29.0 Å². The molecule has 0 saturated carbocycles. The molecule has 0 spiro atoms. The summed E-state index contributed by atoms with van der Waals surface area (Å²) >= 11 is 0. The fourth-order valence-corrected chi connectivity index (χ4v) is 5.51. The number of rotatable bonds is 6. The second kappa shape index (κ2) is 7.70. The van der Waals surface area contributed by atoms with Gasteiger partial charge in [0.05, 0.1) is 12.0 Å². The van der Waals surface area contributed by atoms with Crippen LogP contribution in [0.4, 0.5) is 0 Å². The van der Waals surface area contributed by atoms with E-state index in [4.69, 9.17) is 4.74 Å². The maximum Gasteiger partial charge on any atom is 0.326 e. The zero-order valence-electron chi connectivity index (χ0n) is 15.2. The highest BCUT2D eigenvalue weighted by Crippen LogP contribution is 2.35. The normalized spacial score (nSPS) is 20.9. The predicted molar refractivity (Wildman–Crippen MR) is 101 cm³/mol. The first kappa shape index (κ1) is 19.4. The zero-order valence-corrected chi connectivity index (χ0v) is 16.0. The number of nitrogens with zero attached hydrogens (tertiary/aromatic N) is 1. The lowest BCUT2D eigenvalue weighted by Crippen LogP contribution is -2.57. The Morgan fingerprint density at radius 3 is 2.41 bits per heavy atom. The molecule has 6 nitrogen and oxygen atoms in total. The number of carboxylic acids is 1. The standard InChI is InChI=1S/C20H23NO5S/c1-26-17-8-10-18(11-9-17)27(24,25)20(19(22)23)12-5-13-21(15-20)14-16-6-3-2-4-7-16/h2-4,6-11H,5,12-15H2,1H3,(H,22,23). The van der Waals surface area contributed by atoms with Gasteiger partial charge in [-0.15, -0.1) is 0 Å². The number of carbonyl (C=O) groups is 1. The van der Waals surface area contributed by atoms with E-state index >= 15 is 0 Å². The molecule has 1 heterocycles. The van der Waals surface area contributed by atoms with Crippen molar-refractivity contribution in [3.05, 3.63) is 60.2 Å². The number of hydrogen-bond acceptors (Lipinski definition) is 5. The summed E-state index contributed by atoms with van der Waals surface area (Å²) in [5.74, 6) is -0.774. The molecular weight excluding hydrogens is 366 g/mol. The van der Waals surface area contributed by atoms with Gasteiger partial charge in [-0.05, 0) is 49.2 Å². The summed E-state index contributed by atoms with van der Waals surface area (Å²) in [5, 5.41) is 9.94. The summed E-state index contributed by atoms with van der Waals surface area (Å²) in [5.41, 5.74) is 1.03. The number of benzene rings is 2. The van der Waals surface area contributed by atoms with Crippen molar-refractivity contribution >= 4 is 15.8 Å². The molecule has 0 bridgehead atoms.